The molecule has 0 aromatic heterocycles. The molecule has 0 saturated heterocycles. The molecule has 4 heteroatoms. The molecule has 1 aliphatic carbocycles. The van der Waals surface area contributed by atoms with E-state index in [1.165, 1.54) is 0 Å². The van der Waals surface area contributed by atoms with Crippen molar-refractivity contribution in [1.29, 1.82) is 0 Å². The number of hydrogen-bond donors (Lipinski definition) is 1. The lowest BCUT2D eigenvalue weighted by Gasteiger charge is -2.34. The topological polar surface area (TPSA) is 40.5 Å². The Bertz CT molecular complexity index is 469. The minimum atomic E-state index is -0.157. The molecule has 1 aromatic rings. The van der Waals surface area contributed by atoms with Gasteiger partial charge in [-0.25, -0.2) is 0 Å². The molecule has 1 fully saturated rings. The molecular formula is C15H21NO2S. The smallest absolute Gasteiger partial charge is 0.253 e. The second-order valence-electron chi connectivity index (χ2n) is 5.36. The molecule has 0 heterocycles. The van der Waals surface area contributed by atoms with Gasteiger partial charge in [0, 0.05) is 24.1 Å². The Morgan fingerprint density at radius 1 is 1.47 bits per heavy atom. The summed E-state index contributed by atoms with van der Waals surface area (Å²) in [6.45, 7) is 2.71. The van der Waals surface area contributed by atoms with E-state index in [4.69, 9.17) is 0 Å². The SMILES string of the molecule is CSc1ccc(C)c(C(=O)N(C)CC2CC(O)C2)c1. The highest BCUT2D eigenvalue weighted by Gasteiger charge is 2.29. The zero-order chi connectivity index (χ0) is 14.0. The van der Waals surface area contributed by atoms with Crippen molar-refractivity contribution >= 4 is 17.7 Å². The van der Waals surface area contributed by atoms with E-state index in [2.05, 4.69) is 0 Å². The summed E-state index contributed by atoms with van der Waals surface area (Å²) in [5, 5.41) is 9.29. The summed E-state index contributed by atoms with van der Waals surface area (Å²) >= 11 is 1.65. The molecule has 1 aromatic carbocycles. The predicted molar refractivity (Wildman–Crippen MR) is 78.7 cm³/mol. The van der Waals surface area contributed by atoms with Gasteiger partial charge in [-0.2, -0.15) is 0 Å². The van der Waals surface area contributed by atoms with E-state index in [1.807, 2.05) is 38.4 Å². The highest BCUT2D eigenvalue weighted by Crippen LogP contribution is 2.28. The number of rotatable bonds is 4. The number of carbonyl (C=O) groups is 1. The van der Waals surface area contributed by atoms with Gasteiger partial charge in [-0.3, -0.25) is 4.79 Å². The van der Waals surface area contributed by atoms with Crippen LogP contribution in [0.3, 0.4) is 0 Å². The third kappa shape index (κ3) is 3.31. The summed E-state index contributed by atoms with van der Waals surface area (Å²) in [4.78, 5) is 15.3. The molecule has 0 aliphatic heterocycles. The van der Waals surface area contributed by atoms with Gasteiger partial charge in [0.05, 0.1) is 6.10 Å². The van der Waals surface area contributed by atoms with Gasteiger partial charge in [-0.05, 0) is 49.6 Å². The Balaban J connectivity index is 2.05. The Kier molecular flexibility index (Phi) is 4.53. The van der Waals surface area contributed by atoms with Crippen molar-refractivity contribution < 1.29 is 9.90 Å². The number of carbonyl (C=O) groups excluding carboxylic acids is 1. The first kappa shape index (κ1) is 14.4. The van der Waals surface area contributed by atoms with E-state index < -0.39 is 0 Å². The molecule has 2 rings (SSSR count). The van der Waals surface area contributed by atoms with Gasteiger partial charge in [0.2, 0.25) is 0 Å². The van der Waals surface area contributed by atoms with Crippen molar-refractivity contribution in [3.8, 4) is 0 Å². The van der Waals surface area contributed by atoms with Crippen LogP contribution in [0.5, 0.6) is 0 Å². The standard InChI is InChI=1S/C15H21NO2S/c1-10-4-5-13(19-3)8-14(10)15(18)16(2)9-11-6-12(17)7-11/h4-5,8,11-12,17H,6-7,9H2,1-3H3. The fourth-order valence-electron chi connectivity index (χ4n) is 2.48. The number of benzene rings is 1. The molecule has 1 N–H and O–H groups in total. The lowest BCUT2D eigenvalue weighted by Crippen LogP contribution is -2.39. The Morgan fingerprint density at radius 3 is 2.74 bits per heavy atom. The summed E-state index contributed by atoms with van der Waals surface area (Å²) in [6, 6.07) is 6.01. The van der Waals surface area contributed by atoms with Crippen LogP contribution >= 0.6 is 11.8 Å². The first-order chi connectivity index (χ1) is 9.01. The van der Waals surface area contributed by atoms with Crippen molar-refractivity contribution in [2.75, 3.05) is 19.8 Å². The lowest BCUT2D eigenvalue weighted by atomic mass is 9.82. The molecule has 3 nitrogen and oxygen atoms in total. The van der Waals surface area contributed by atoms with Gasteiger partial charge in [0.1, 0.15) is 0 Å². The fraction of sp³-hybridized carbons (Fsp3) is 0.533. The van der Waals surface area contributed by atoms with E-state index in [9.17, 15) is 9.90 Å². The van der Waals surface area contributed by atoms with E-state index in [0.717, 1.165) is 35.4 Å². The third-order valence-electron chi connectivity index (χ3n) is 3.76. The van der Waals surface area contributed by atoms with Crippen LogP contribution in [0.1, 0.15) is 28.8 Å². The quantitative estimate of drug-likeness (QED) is 0.861. The fourth-order valence-corrected chi connectivity index (χ4v) is 2.92. The lowest BCUT2D eigenvalue weighted by molar-refractivity contribution is 0.0265. The van der Waals surface area contributed by atoms with E-state index in [-0.39, 0.29) is 12.0 Å². The average Bonchev–Trinajstić information content (AvgIpc) is 2.36. The molecule has 19 heavy (non-hydrogen) atoms. The Morgan fingerprint density at radius 2 is 2.16 bits per heavy atom. The third-order valence-corrected chi connectivity index (χ3v) is 4.49. The molecule has 1 aliphatic rings. The molecular weight excluding hydrogens is 258 g/mol. The summed E-state index contributed by atoms with van der Waals surface area (Å²) in [5.74, 6) is 0.530. The Labute approximate surface area is 119 Å². The number of nitrogens with zero attached hydrogens (tertiary/aromatic N) is 1. The van der Waals surface area contributed by atoms with Crippen molar-refractivity contribution in [2.45, 2.75) is 30.8 Å². The van der Waals surface area contributed by atoms with Gasteiger partial charge < -0.3 is 10.0 Å². The second-order valence-corrected chi connectivity index (χ2v) is 6.24. The molecule has 0 atom stereocenters. The zero-order valence-electron chi connectivity index (χ0n) is 11.7. The van der Waals surface area contributed by atoms with Crippen molar-refractivity contribution in [3.05, 3.63) is 29.3 Å². The maximum atomic E-state index is 12.4. The average molecular weight is 279 g/mol. The van der Waals surface area contributed by atoms with Crippen LogP contribution in [0.2, 0.25) is 0 Å². The number of aliphatic hydroxyl groups excluding tert-OH is 1. The van der Waals surface area contributed by atoms with Gasteiger partial charge in [0.25, 0.3) is 5.91 Å². The van der Waals surface area contributed by atoms with Crippen LogP contribution in [-0.4, -0.2) is 41.9 Å². The van der Waals surface area contributed by atoms with Crippen molar-refractivity contribution in [3.63, 3.8) is 0 Å². The number of aliphatic hydroxyl groups is 1. The molecule has 0 radical (unpaired) electrons. The van der Waals surface area contributed by atoms with Gasteiger partial charge in [0.15, 0.2) is 0 Å². The highest BCUT2D eigenvalue weighted by molar-refractivity contribution is 7.98. The monoisotopic (exact) mass is 279 g/mol. The molecule has 0 unspecified atom stereocenters. The summed E-state index contributed by atoms with van der Waals surface area (Å²) in [7, 11) is 1.85. The van der Waals surface area contributed by atoms with E-state index >= 15 is 0 Å². The van der Waals surface area contributed by atoms with E-state index in [1.54, 1.807) is 16.7 Å². The van der Waals surface area contributed by atoms with Crippen LogP contribution in [0.25, 0.3) is 0 Å². The Hall–Kier alpha value is -1.00. The summed E-state index contributed by atoms with van der Waals surface area (Å²) < 4.78 is 0. The first-order valence-corrected chi connectivity index (χ1v) is 7.82. The number of thioether (sulfide) groups is 1. The van der Waals surface area contributed by atoms with Crippen molar-refractivity contribution in [1.82, 2.24) is 4.90 Å². The molecule has 1 saturated carbocycles. The van der Waals surface area contributed by atoms with Gasteiger partial charge >= 0.3 is 0 Å². The molecule has 0 spiro atoms. The number of hydrogen-bond acceptors (Lipinski definition) is 3. The molecule has 104 valence electrons. The second kappa shape index (κ2) is 5.97. The predicted octanol–water partition coefficient (Wildman–Crippen LogP) is 2.56. The van der Waals surface area contributed by atoms with Crippen LogP contribution in [0.4, 0.5) is 0 Å². The molecule has 1 amide bonds. The van der Waals surface area contributed by atoms with Gasteiger partial charge in [-0.1, -0.05) is 6.07 Å². The number of aryl methyl sites for hydroxylation is 1. The van der Waals surface area contributed by atoms with E-state index in [0.29, 0.717) is 5.92 Å². The van der Waals surface area contributed by atoms with Crippen LogP contribution in [0.15, 0.2) is 23.1 Å². The summed E-state index contributed by atoms with van der Waals surface area (Å²) in [6.07, 6.45) is 3.50. The maximum Gasteiger partial charge on any atom is 0.253 e. The minimum Gasteiger partial charge on any atom is -0.393 e. The number of amides is 1. The first-order valence-electron chi connectivity index (χ1n) is 6.59. The highest BCUT2D eigenvalue weighted by atomic mass is 32.2. The summed E-state index contributed by atoms with van der Waals surface area (Å²) in [5.41, 5.74) is 1.80. The maximum absolute atomic E-state index is 12.4. The zero-order valence-corrected chi connectivity index (χ0v) is 12.5. The molecule has 0 bridgehead atoms. The van der Waals surface area contributed by atoms with Crippen LogP contribution in [-0.2, 0) is 0 Å². The van der Waals surface area contributed by atoms with Crippen molar-refractivity contribution in [2.24, 2.45) is 5.92 Å². The minimum absolute atomic E-state index is 0.0785. The normalized spacial score (nSPS) is 21.9. The van der Waals surface area contributed by atoms with Gasteiger partial charge in [-0.15, -0.1) is 11.8 Å². The largest absolute Gasteiger partial charge is 0.393 e. The van der Waals surface area contributed by atoms with Crippen LogP contribution < -0.4 is 0 Å². The van der Waals surface area contributed by atoms with Crippen LogP contribution in [0, 0.1) is 12.8 Å².